The fraction of sp³-hybridized carbons (Fsp3) is 0.0870. The van der Waals surface area contributed by atoms with Crippen LogP contribution in [-0.4, -0.2) is 44.2 Å². The SMILES string of the molecule is O=C(O)COc1ccc(C(=O)Nc2ccccc2C(F)(F)F)cc1.c1cc2c(-c3nn[nH]n3)c(c1)S2. The Kier molecular flexibility index (Phi) is 7.20. The Morgan fingerprint density at radius 1 is 1.00 bits per heavy atom. The van der Waals surface area contributed by atoms with Crippen molar-refractivity contribution in [2.75, 3.05) is 11.9 Å². The Hall–Kier alpha value is -4.39. The number of carbonyl (C=O) groups excluding carboxylic acids is 1. The van der Waals surface area contributed by atoms with Crippen LogP contribution in [0.3, 0.4) is 0 Å². The molecule has 0 radical (unpaired) electrons. The number of benzene rings is 3. The number of ether oxygens (including phenoxy) is 1. The molecule has 2 bridgehead atoms. The first-order chi connectivity index (χ1) is 17.2. The fourth-order valence-electron chi connectivity index (χ4n) is 3.12. The molecule has 3 aromatic carbocycles. The first-order valence-electron chi connectivity index (χ1n) is 10.2. The average molecular weight is 515 g/mol. The van der Waals surface area contributed by atoms with E-state index in [4.69, 9.17) is 9.84 Å². The number of amides is 1. The molecule has 184 valence electrons. The molecule has 0 aliphatic carbocycles. The third-order valence-corrected chi connectivity index (χ3v) is 5.86. The highest BCUT2D eigenvalue weighted by Gasteiger charge is 2.33. The number of tetrazole rings is 1. The molecule has 0 atom stereocenters. The minimum absolute atomic E-state index is 0.106. The van der Waals surface area contributed by atoms with Crippen LogP contribution in [0, 0.1) is 0 Å². The molecule has 0 unspecified atom stereocenters. The summed E-state index contributed by atoms with van der Waals surface area (Å²) in [6, 6.07) is 16.1. The van der Waals surface area contributed by atoms with Crippen molar-refractivity contribution >= 4 is 29.3 Å². The Morgan fingerprint density at radius 3 is 2.28 bits per heavy atom. The Morgan fingerprint density at radius 2 is 1.69 bits per heavy atom. The van der Waals surface area contributed by atoms with Gasteiger partial charge >= 0.3 is 12.1 Å². The maximum Gasteiger partial charge on any atom is 0.418 e. The highest BCUT2D eigenvalue weighted by atomic mass is 32.2. The number of aliphatic carboxylic acids is 1. The molecule has 3 heterocycles. The first-order valence-corrected chi connectivity index (χ1v) is 11.0. The normalized spacial score (nSPS) is 11.5. The molecule has 6 rings (SSSR count). The lowest BCUT2D eigenvalue weighted by atomic mass is 10.1. The number of para-hydroxylation sites is 1. The maximum absolute atomic E-state index is 12.9. The van der Waals surface area contributed by atoms with Crippen molar-refractivity contribution in [1.82, 2.24) is 20.6 Å². The minimum Gasteiger partial charge on any atom is -0.482 e. The van der Waals surface area contributed by atoms with E-state index in [2.05, 4.69) is 38.1 Å². The zero-order valence-corrected chi connectivity index (χ0v) is 18.9. The Balaban J connectivity index is 0.000000208. The molecular weight excluding hydrogens is 499 g/mol. The predicted octanol–water partition coefficient (Wildman–Crippen LogP) is 4.75. The van der Waals surface area contributed by atoms with Crippen molar-refractivity contribution < 1.29 is 32.6 Å². The molecule has 1 aromatic heterocycles. The van der Waals surface area contributed by atoms with E-state index in [1.54, 1.807) is 11.8 Å². The van der Waals surface area contributed by atoms with Gasteiger partial charge < -0.3 is 15.2 Å². The number of H-pyrrole nitrogens is 1. The zero-order chi connectivity index (χ0) is 25.7. The van der Waals surface area contributed by atoms with Gasteiger partial charge in [0.15, 0.2) is 6.61 Å². The monoisotopic (exact) mass is 515 g/mol. The molecule has 1 amide bonds. The second kappa shape index (κ2) is 10.5. The highest BCUT2D eigenvalue weighted by Crippen LogP contribution is 2.49. The third kappa shape index (κ3) is 5.81. The molecule has 2 aliphatic heterocycles. The quantitative estimate of drug-likeness (QED) is 0.295. The van der Waals surface area contributed by atoms with Crippen LogP contribution in [0.15, 0.2) is 76.5 Å². The van der Waals surface area contributed by atoms with Gasteiger partial charge in [-0.25, -0.2) is 4.79 Å². The highest BCUT2D eigenvalue weighted by molar-refractivity contribution is 8.01. The number of aromatic nitrogens is 4. The van der Waals surface area contributed by atoms with E-state index in [1.165, 1.54) is 46.2 Å². The molecule has 0 spiro atoms. The number of carboxylic acids is 1. The molecule has 9 nitrogen and oxygen atoms in total. The van der Waals surface area contributed by atoms with Gasteiger partial charge in [-0.2, -0.15) is 18.4 Å². The summed E-state index contributed by atoms with van der Waals surface area (Å²) in [4.78, 5) is 24.9. The van der Waals surface area contributed by atoms with Crippen LogP contribution in [0.2, 0.25) is 0 Å². The van der Waals surface area contributed by atoms with E-state index < -0.39 is 30.2 Å². The number of rotatable bonds is 6. The van der Waals surface area contributed by atoms with E-state index in [9.17, 15) is 22.8 Å². The minimum atomic E-state index is -4.58. The van der Waals surface area contributed by atoms with Gasteiger partial charge in [-0.1, -0.05) is 30.0 Å². The van der Waals surface area contributed by atoms with Crippen LogP contribution in [-0.2, 0) is 11.0 Å². The summed E-state index contributed by atoms with van der Waals surface area (Å²) in [6.07, 6.45) is -4.58. The summed E-state index contributed by atoms with van der Waals surface area (Å²) in [5.74, 6) is -0.957. The molecule has 0 saturated heterocycles. The van der Waals surface area contributed by atoms with Crippen LogP contribution >= 0.6 is 11.8 Å². The number of halogens is 3. The second-order valence-corrected chi connectivity index (χ2v) is 8.25. The van der Waals surface area contributed by atoms with Gasteiger partial charge in [0, 0.05) is 15.4 Å². The topological polar surface area (TPSA) is 130 Å². The number of carbonyl (C=O) groups is 2. The van der Waals surface area contributed by atoms with Gasteiger partial charge in [-0.3, -0.25) is 4.79 Å². The molecule has 0 saturated carbocycles. The van der Waals surface area contributed by atoms with Crippen molar-refractivity contribution in [1.29, 1.82) is 0 Å². The number of carboxylic acid groups (broad SMARTS) is 1. The van der Waals surface area contributed by atoms with Gasteiger partial charge in [0.1, 0.15) is 5.75 Å². The molecule has 36 heavy (non-hydrogen) atoms. The zero-order valence-electron chi connectivity index (χ0n) is 18.1. The second-order valence-electron chi connectivity index (χ2n) is 7.17. The van der Waals surface area contributed by atoms with Crippen LogP contribution in [0.25, 0.3) is 11.4 Å². The molecule has 2 aliphatic rings. The maximum atomic E-state index is 12.9. The number of nitrogens with zero attached hydrogens (tertiary/aromatic N) is 3. The van der Waals surface area contributed by atoms with Crippen LogP contribution < -0.4 is 10.1 Å². The number of aromatic amines is 1. The van der Waals surface area contributed by atoms with Crippen molar-refractivity contribution in [2.24, 2.45) is 0 Å². The van der Waals surface area contributed by atoms with Gasteiger partial charge in [0.2, 0.25) is 5.82 Å². The van der Waals surface area contributed by atoms with Crippen LogP contribution in [0.4, 0.5) is 18.9 Å². The molecule has 3 N–H and O–H groups in total. The number of alkyl halides is 3. The third-order valence-electron chi connectivity index (χ3n) is 4.74. The first kappa shape index (κ1) is 24.7. The van der Waals surface area contributed by atoms with Crippen molar-refractivity contribution in [3.63, 3.8) is 0 Å². The van der Waals surface area contributed by atoms with E-state index >= 15 is 0 Å². The molecule has 0 fully saturated rings. The van der Waals surface area contributed by atoms with E-state index in [1.807, 2.05) is 6.07 Å². The molecule has 13 heteroatoms. The number of hydrogen-bond acceptors (Lipinski definition) is 7. The lowest BCUT2D eigenvalue weighted by molar-refractivity contribution is -0.139. The van der Waals surface area contributed by atoms with Gasteiger partial charge in [-0.15, -0.1) is 10.2 Å². The van der Waals surface area contributed by atoms with Gasteiger partial charge in [0.05, 0.1) is 16.8 Å². The summed E-state index contributed by atoms with van der Waals surface area (Å²) >= 11 is 1.75. The summed E-state index contributed by atoms with van der Waals surface area (Å²) in [6.45, 7) is -0.537. The lowest BCUT2D eigenvalue weighted by Crippen LogP contribution is -2.16. The largest absolute Gasteiger partial charge is 0.482 e. The number of nitrogens with one attached hydrogen (secondary N) is 2. The standard InChI is InChI=1S/C16H12F3NO4.C7H4N4S/c17-16(18,19)12-3-1-2-4-13(12)20-15(23)10-5-7-11(8-6-10)24-9-14(21)22;1-2-4-6(5(3-1)12-4)7-8-10-11-9-7/h1-8H,9H2,(H,20,23)(H,21,22);1-3H,(H,8,9,10,11). The fourth-order valence-corrected chi connectivity index (χ4v) is 4.11. The van der Waals surface area contributed by atoms with Gasteiger partial charge in [0.25, 0.3) is 5.91 Å². The summed E-state index contributed by atoms with van der Waals surface area (Å²) in [5, 5.41) is 24.5. The van der Waals surface area contributed by atoms with Crippen LogP contribution in [0.1, 0.15) is 15.9 Å². The van der Waals surface area contributed by atoms with Crippen molar-refractivity contribution in [2.45, 2.75) is 16.0 Å². The van der Waals surface area contributed by atoms with Crippen molar-refractivity contribution in [3.8, 4) is 17.1 Å². The Bertz CT molecular complexity index is 1360. The lowest BCUT2D eigenvalue weighted by Gasteiger charge is -2.18. The summed E-state index contributed by atoms with van der Waals surface area (Å²) in [5.41, 5.74) is -0.0631. The summed E-state index contributed by atoms with van der Waals surface area (Å²) in [7, 11) is 0. The molecular formula is C23H16F3N5O4S. The van der Waals surface area contributed by atoms with Crippen LogP contribution in [0.5, 0.6) is 5.75 Å². The number of fused-ring (bicyclic) bond motifs is 2. The van der Waals surface area contributed by atoms with E-state index in [0.717, 1.165) is 17.7 Å². The van der Waals surface area contributed by atoms with Crippen molar-refractivity contribution in [3.05, 3.63) is 77.9 Å². The average Bonchev–Trinajstić information content (AvgIpc) is 3.37. The van der Waals surface area contributed by atoms with E-state index in [-0.39, 0.29) is 17.0 Å². The smallest absolute Gasteiger partial charge is 0.418 e. The predicted molar refractivity (Wildman–Crippen MR) is 123 cm³/mol. The van der Waals surface area contributed by atoms with Gasteiger partial charge in [-0.05, 0) is 53.7 Å². The number of anilines is 1. The number of hydrogen-bond donors (Lipinski definition) is 3. The van der Waals surface area contributed by atoms with E-state index in [0.29, 0.717) is 5.82 Å². The summed E-state index contributed by atoms with van der Waals surface area (Å²) < 4.78 is 43.6. The molecule has 4 aromatic rings. The Labute approximate surface area is 205 Å².